The van der Waals surface area contributed by atoms with Gasteiger partial charge in [-0.2, -0.15) is 0 Å². The molecule has 0 spiro atoms. The molecule has 1 fully saturated rings. The molecule has 2 heterocycles. The number of carbonyl (C=O) groups excluding carboxylic acids is 2. The summed E-state index contributed by atoms with van der Waals surface area (Å²) in [5.41, 5.74) is 0.524. The number of hydrogen-bond donors (Lipinski definition) is 3. The van der Waals surface area contributed by atoms with Gasteiger partial charge >= 0.3 is 5.97 Å². The summed E-state index contributed by atoms with van der Waals surface area (Å²) in [7, 11) is 4.07. The number of fused-ring (bicyclic) bond motifs is 1. The van der Waals surface area contributed by atoms with Crippen LogP contribution in [0.1, 0.15) is 36.2 Å². The SMILES string of the molecule is CN(C)[C@H]1CC[C@H](C(=O)Nc2c(C(=O)Nc3ccc(Cl)cn3)oc3ccc(OCC(=O)O)cc23)CC1.Cl. The fourth-order valence-corrected chi connectivity index (χ4v) is 4.41. The van der Waals surface area contributed by atoms with Gasteiger partial charge < -0.3 is 29.8 Å². The summed E-state index contributed by atoms with van der Waals surface area (Å²) in [6, 6.07) is 8.19. The van der Waals surface area contributed by atoms with Gasteiger partial charge in [0.25, 0.3) is 5.91 Å². The number of anilines is 2. The van der Waals surface area contributed by atoms with Gasteiger partial charge in [-0.15, -0.1) is 12.4 Å². The molecule has 0 bridgehead atoms. The number of carboxylic acid groups (broad SMARTS) is 1. The summed E-state index contributed by atoms with van der Waals surface area (Å²) in [6.07, 6.45) is 4.66. The van der Waals surface area contributed by atoms with E-state index in [-0.39, 0.29) is 47.2 Å². The van der Waals surface area contributed by atoms with Gasteiger partial charge in [-0.25, -0.2) is 9.78 Å². The highest BCUT2D eigenvalue weighted by Crippen LogP contribution is 2.36. The first-order valence-corrected chi connectivity index (χ1v) is 11.9. The van der Waals surface area contributed by atoms with E-state index in [1.807, 2.05) is 14.1 Å². The molecule has 1 aromatic carbocycles. The number of amides is 2. The second-order valence-electron chi connectivity index (χ2n) is 8.92. The Bertz CT molecular complexity index is 1270. The van der Waals surface area contributed by atoms with E-state index in [1.54, 1.807) is 18.2 Å². The lowest BCUT2D eigenvalue weighted by Crippen LogP contribution is -2.35. The Labute approximate surface area is 224 Å². The van der Waals surface area contributed by atoms with Crippen molar-refractivity contribution in [3.8, 4) is 5.75 Å². The summed E-state index contributed by atoms with van der Waals surface area (Å²) >= 11 is 5.87. The molecule has 12 heteroatoms. The number of aliphatic carboxylic acids is 1. The Kier molecular flexibility index (Phi) is 9.36. The monoisotopic (exact) mass is 550 g/mol. The lowest BCUT2D eigenvalue weighted by atomic mass is 9.85. The van der Waals surface area contributed by atoms with Gasteiger partial charge in [-0.3, -0.25) is 9.59 Å². The molecule has 1 aliphatic rings. The minimum Gasteiger partial charge on any atom is -0.482 e. The first-order chi connectivity index (χ1) is 17.2. The maximum absolute atomic E-state index is 13.2. The zero-order valence-corrected chi connectivity index (χ0v) is 21.9. The fourth-order valence-electron chi connectivity index (χ4n) is 4.30. The largest absolute Gasteiger partial charge is 0.482 e. The van der Waals surface area contributed by atoms with Crippen molar-refractivity contribution in [3.63, 3.8) is 0 Å². The normalized spacial score (nSPS) is 17.2. The highest BCUT2D eigenvalue weighted by atomic mass is 35.5. The number of aromatic nitrogens is 1. The molecule has 37 heavy (non-hydrogen) atoms. The topological polar surface area (TPSA) is 134 Å². The van der Waals surface area contributed by atoms with Crippen molar-refractivity contribution < 1.29 is 28.6 Å². The summed E-state index contributed by atoms with van der Waals surface area (Å²) in [5, 5.41) is 15.3. The number of carboxylic acids is 1. The lowest BCUT2D eigenvalue weighted by Gasteiger charge is -2.31. The van der Waals surface area contributed by atoms with Crippen LogP contribution in [-0.2, 0) is 9.59 Å². The molecule has 0 unspecified atom stereocenters. The second kappa shape index (κ2) is 12.3. The minimum absolute atomic E-state index is 0. The van der Waals surface area contributed by atoms with Crippen LogP contribution in [0.3, 0.4) is 0 Å². The Morgan fingerprint density at radius 3 is 2.49 bits per heavy atom. The summed E-state index contributed by atoms with van der Waals surface area (Å²) in [6.45, 7) is -0.532. The second-order valence-corrected chi connectivity index (χ2v) is 9.36. The number of pyridine rings is 1. The molecule has 4 rings (SSSR count). The molecule has 2 amide bonds. The van der Waals surface area contributed by atoms with Gasteiger partial charge in [-0.1, -0.05) is 11.6 Å². The molecule has 198 valence electrons. The third kappa shape index (κ3) is 6.91. The smallest absolute Gasteiger partial charge is 0.341 e. The first kappa shape index (κ1) is 28.2. The van der Waals surface area contributed by atoms with Gasteiger partial charge in [0.2, 0.25) is 11.7 Å². The average Bonchev–Trinajstić information content (AvgIpc) is 3.21. The van der Waals surface area contributed by atoms with E-state index in [1.165, 1.54) is 18.3 Å². The molecule has 0 aliphatic heterocycles. The molecule has 10 nitrogen and oxygen atoms in total. The van der Waals surface area contributed by atoms with E-state index in [9.17, 15) is 14.4 Å². The number of hydrogen-bond acceptors (Lipinski definition) is 7. The van der Waals surface area contributed by atoms with Crippen molar-refractivity contribution in [1.29, 1.82) is 0 Å². The van der Waals surface area contributed by atoms with Crippen molar-refractivity contribution in [2.45, 2.75) is 31.7 Å². The standard InChI is InChI=1S/C25H27ClN4O6.ClH/c1-30(2)16-6-3-14(4-7-16)24(33)29-22-18-11-17(35-13-21(31)32)8-9-19(18)36-23(22)25(34)28-20-10-5-15(26)12-27-20;/h5,8-12,14,16H,3-4,6-7,13H2,1-2H3,(H,29,33)(H,31,32)(H,27,28,34);1H/t14-,16-;. The van der Waals surface area contributed by atoms with Crippen LogP contribution in [0.25, 0.3) is 11.0 Å². The van der Waals surface area contributed by atoms with Gasteiger partial charge in [0, 0.05) is 23.5 Å². The van der Waals surface area contributed by atoms with Crippen molar-refractivity contribution in [2.75, 3.05) is 31.3 Å². The molecule has 3 aromatic rings. The summed E-state index contributed by atoms with van der Waals surface area (Å²) < 4.78 is 11.1. The van der Waals surface area contributed by atoms with Gasteiger partial charge in [0.05, 0.1) is 5.02 Å². The Balaban J connectivity index is 0.00000380. The minimum atomic E-state index is -1.13. The number of nitrogens with zero attached hydrogens (tertiary/aromatic N) is 2. The number of nitrogens with one attached hydrogen (secondary N) is 2. The van der Waals surface area contributed by atoms with E-state index in [2.05, 4.69) is 20.5 Å². The molecule has 0 saturated heterocycles. The zero-order chi connectivity index (χ0) is 25.8. The number of halogens is 2. The van der Waals surface area contributed by atoms with Crippen LogP contribution in [0.15, 0.2) is 40.9 Å². The van der Waals surface area contributed by atoms with Crippen molar-refractivity contribution in [2.24, 2.45) is 5.92 Å². The Morgan fingerprint density at radius 2 is 1.86 bits per heavy atom. The predicted molar refractivity (Wildman–Crippen MR) is 142 cm³/mol. The van der Waals surface area contributed by atoms with Gasteiger partial charge in [0.1, 0.15) is 22.8 Å². The van der Waals surface area contributed by atoms with E-state index < -0.39 is 18.5 Å². The maximum atomic E-state index is 13.2. The Morgan fingerprint density at radius 1 is 1.14 bits per heavy atom. The first-order valence-electron chi connectivity index (χ1n) is 11.5. The van der Waals surface area contributed by atoms with Crippen molar-refractivity contribution in [1.82, 2.24) is 9.88 Å². The molecular formula is C25H28Cl2N4O6. The molecule has 1 saturated carbocycles. The predicted octanol–water partition coefficient (Wildman–Crippen LogP) is 4.68. The zero-order valence-electron chi connectivity index (χ0n) is 20.3. The number of benzene rings is 1. The maximum Gasteiger partial charge on any atom is 0.341 e. The highest BCUT2D eigenvalue weighted by molar-refractivity contribution is 6.30. The summed E-state index contributed by atoms with van der Waals surface area (Å²) in [4.78, 5) is 43.5. The van der Waals surface area contributed by atoms with E-state index in [0.29, 0.717) is 22.0 Å². The molecular weight excluding hydrogens is 523 g/mol. The van der Waals surface area contributed by atoms with E-state index in [0.717, 1.165) is 25.7 Å². The number of carbonyl (C=O) groups is 3. The third-order valence-electron chi connectivity index (χ3n) is 6.24. The lowest BCUT2D eigenvalue weighted by molar-refractivity contribution is -0.139. The van der Waals surface area contributed by atoms with Crippen LogP contribution >= 0.6 is 24.0 Å². The Hall–Kier alpha value is -3.34. The number of rotatable bonds is 8. The van der Waals surface area contributed by atoms with Crippen LogP contribution in [0.5, 0.6) is 5.75 Å². The molecule has 0 radical (unpaired) electrons. The fraction of sp³-hybridized carbons (Fsp3) is 0.360. The average molecular weight is 551 g/mol. The van der Waals surface area contributed by atoms with Crippen LogP contribution in [-0.4, -0.2) is 59.5 Å². The van der Waals surface area contributed by atoms with Crippen LogP contribution in [0.2, 0.25) is 5.02 Å². The van der Waals surface area contributed by atoms with Gasteiger partial charge in [-0.05, 0) is 70.1 Å². The molecule has 3 N–H and O–H groups in total. The molecule has 1 aliphatic carbocycles. The molecule has 2 aromatic heterocycles. The quantitative estimate of drug-likeness (QED) is 0.368. The summed E-state index contributed by atoms with van der Waals surface area (Å²) in [5.74, 6) is -1.72. The van der Waals surface area contributed by atoms with Gasteiger partial charge in [0.15, 0.2) is 6.61 Å². The number of furan rings is 1. The molecule has 0 atom stereocenters. The van der Waals surface area contributed by atoms with Crippen LogP contribution in [0, 0.1) is 5.92 Å². The van der Waals surface area contributed by atoms with E-state index >= 15 is 0 Å². The number of ether oxygens (including phenoxy) is 1. The van der Waals surface area contributed by atoms with Crippen molar-refractivity contribution >= 4 is 64.3 Å². The van der Waals surface area contributed by atoms with E-state index in [4.69, 9.17) is 25.9 Å². The van der Waals surface area contributed by atoms with Crippen molar-refractivity contribution in [3.05, 3.63) is 47.3 Å². The third-order valence-corrected chi connectivity index (χ3v) is 6.47. The van der Waals surface area contributed by atoms with Crippen LogP contribution < -0.4 is 15.4 Å². The van der Waals surface area contributed by atoms with Crippen LogP contribution in [0.4, 0.5) is 11.5 Å². The highest BCUT2D eigenvalue weighted by Gasteiger charge is 2.30.